The Balaban J connectivity index is 1.33. The van der Waals surface area contributed by atoms with Crippen LogP contribution in [0.3, 0.4) is 0 Å². The molecule has 2 aromatic rings. The van der Waals surface area contributed by atoms with E-state index in [1.54, 1.807) is 18.3 Å². The molecular formula is C40H51NO6. The molecule has 7 rings (SSSR count). The van der Waals surface area contributed by atoms with Crippen molar-refractivity contribution in [1.29, 1.82) is 0 Å². The van der Waals surface area contributed by atoms with Gasteiger partial charge in [-0.1, -0.05) is 59.3 Å². The Morgan fingerprint density at radius 3 is 2.47 bits per heavy atom. The molecule has 1 aromatic heterocycles. The Bertz CT molecular complexity index is 1710. The third-order valence-corrected chi connectivity index (χ3v) is 14.9. The number of ether oxygens (including phenoxy) is 1. The van der Waals surface area contributed by atoms with Crippen LogP contribution in [-0.4, -0.2) is 39.5 Å². The summed E-state index contributed by atoms with van der Waals surface area (Å²) in [5.41, 5.74) is -0.109. The highest BCUT2D eigenvalue weighted by molar-refractivity contribution is 5.96. The molecular weight excluding hydrogens is 590 g/mol. The quantitative estimate of drug-likeness (QED) is 0.254. The normalized spacial score (nSPS) is 38.6. The molecule has 0 radical (unpaired) electrons. The Hall–Kier alpha value is -3.22. The number of hydrogen-bond acceptors (Lipinski definition) is 6. The number of carboxylic acid groups (broad SMARTS) is 1. The van der Waals surface area contributed by atoms with Crippen molar-refractivity contribution >= 4 is 28.6 Å². The number of ketones is 1. The van der Waals surface area contributed by atoms with E-state index in [2.05, 4.69) is 52.6 Å². The fraction of sp³-hybridized carbons (Fsp3) is 0.650. The number of aromatic hydroxyl groups is 1. The maximum Gasteiger partial charge on any atom is 0.338 e. The van der Waals surface area contributed by atoms with Gasteiger partial charge < -0.3 is 14.9 Å². The first-order chi connectivity index (χ1) is 22.0. The highest BCUT2D eigenvalue weighted by atomic mass is 16.5. The maximum absolute atomic E-state index is 13.9. The molecule has 47 heavy (non-hydrogen) atoms. The van der Waals surface area contributed by atoms with Crippen LogP contribution in [0.25, 0.3) is 10.9 Å². The van der Waals surface area contributed by atoms with Crippen LogP contribution in [0, 0.1) is 50.2 Å². The first-order valence-electron chi connectivity index (χ1n) is 17.7. The van der Waals surface area contributed by atoms with Gasteiger partial charge in [0, 0.05) is 28.8 Å². The molecule has 2 N–H and O–H groups in total. The van der Waals surface area contributed by atoms with Gasteiger partial charge >= 0.3 is 11.9 Å². The predicted octanol–water partition coefficient (Wildman–Crippen LogP) is 8.53. The monoisotopic (exact) mass is 641 g/mol. The minimum atomic E-state index is -0.810. The number of aromatic nitrogens is 1. The van der Waals surface area contributed by atoms with Crippen molar-refractivity contribution in [2.75, 3.05) is 6.61 Å². The van der Waals surface area contributed by atoms with Gasteiger partial charge in [-0.05, 0) is 110 Å². The molecule has 7 heteroatoms. The van der Waals surface area contributed by atoms with Gasteiger partial charge in [0.15, 0.2) is 0 Å². The lowest BCUT2D eigenvalue weighted by Gasteiger charge is -2.70. The minimum absolute atomic E-state index is 0.00994. The van der Waals surface area contributed by atoms with E-state index in [9.17, 15) is 24.6 Å². The molecule has 252 valence electrons. The number of allylic oxidation sites excluding steroid dienone is 1. The number of phenols is 1. The molecule has 7 atom stereocenters. The number of aliphatic carboxylic acids is 1. The molecule has 0 amide bonds. The lowest BCUT2D eigenvalue weighted by molar-refractivity contribution is -0.199. The maximum atomic E-state index is 13.9. The largest absolute Gasteiger partial charge is 0.506 e. The Kier molecular flexibility index (Phi) is 7.15. The first kappa shape index (κ1) is 32.3. The number of carbonyl (C=O) groups is 3. The second kappa shape index (κ2) is 10.4. The smallest absolute Gasteiger partial charge is 0.338 e. The standard InChI is InChI=1S/C40H51NO6/c1-35(2)15-16-39(34(45)46)17-18-40(23-47-33(44)25-20-24-8-7-19-41-32(24)28(42)21-25)26(27(39)22-35)9-10-30-37(5)13-12-31(43)36(3,4)29(37)11-14-38(30,40)6/h7-9,19-21,27,29-30,42H,10-18,22-23H2,1-6H3,(H,45,46)/t27?,29?,30?,37-,38+,39-,40-/m0/s1. The number of carboxylic acids is 1. The number of phenolic OH excluding ortho intramolecular Hbond substituents is 1. The first-order valence-corrected chi connectivity index (χ1v) is 17.7. The number of rotatable bonds is 4. The minimum Gasteiger partial charge on any atom is -0.506 e. The van der Waals surface area contributed by atoms with Gasteiger partial charge in [0.2, 0.25) is 0 Å². The summed E-state index contributed by atoms with van der Waals surface area (Å²) in [6.07, 6.45) is 11.7. The third kappa shape index (κ3) is 4.43. The van der Waals surface area contributed by atoms with Gasteiger partial charge in [0.25, 0.3) is 0 Å². The summed E-state index contributed by atoms with van der Waals surface area (Å²) in [6, 6.07) is 6.75. The van der Waals surface area contributed by atoms with E-state index in [0.717, 1.165) is 38.5 Å². The van der Waals surface area contributed by atoms with E-state index in [1.165, 1.54) is 11.6 Å². The highest BCUT2D eigenvalue weighted by Gasteiger charge is 2.71. The van der Waals surface area contributed by atoms with E-state index in [1.807, 2.05) is 6.07 Å². The summed E-state index contributed by atoms with van der Waals surface area (Å²) in [6.45, 7) is 13.8. The van der Waals surface area contributed by atoms with Crippen molar-refractivity contribution in [3.05, 3.63) is 47.7 Å². The second-order valence-corrected chi connectivity index (χ2v) is 17.7. The Morgan fingerprint density at radius 1 is 0.979 bits per heavy atom. The van der Waals surface area contributed by atoms with Crippen molar-refractivity contribution < 1.29 is 29.3 Å². The SMILES string of the molecule is CC1(C)CC[C@]2(C(=O)O)CC[C@]3(COC(=O)c4cc(O)c5ncccc5c4)C(=CCC4[C@@]5(C)CCC(=O)C(C)(C)C5CC[C@]43C)C2C1. The van der Waals surface area contributed by atoms with Gasteiger partial charge in [0.05, 0.1) is 11.0 Å². The van der Waals surface area contributed by atoms with E-state index >= 15 is 0 Å². The summed E-state index contributed by atoms with van der Waals surface area (Å²) < 4.78 is 6.39. The molecule has 4 saturated carbocycles. The van der Waals surface area contributed by atoms with E-state index in [0.29, 0.717) is 42.4 Å². The molecule has 3 unspecified atom stereocenters. The molecule has 1 aromatic carbocycles. The van der Waals surface area contributed by atoms with E-state index in [4.69, 9.17) is 4.74 Å². The molecule has 4 fully saturated rings. The van der Waals surface area contributed by atoms with Crippen molar-refractivity contribution in [1.82, 2.24) is 4.98 Å². The number of pyridine rings is 1. The molecule has 7 nitrogen and oxygen atoms in total. The van der Waals surface area contributed by atoms with Crippen LogP contribution in [0.2, 0.25) is 0 Å². The van der Waals surface area contributed by atoms with Gasteiger partial charge in [-0.25, -0.2) is 4.79 Å². The zero-order valence-electron chi connectivity index (χ0n) is 28.9. The van der Waals surface area contributed by atoms with Crippen molar-refractivity contribution in [3.8, 4) is 5.75 Å². The number of esters is 1. The molecule has 0 bridgehead atoms. The number of fused-ring (bicyclic) bond motifs is 8. The molecule has 5 aliphatic rings. The van der Waals surface area contributed by atoms with Crippen molar-refractivity contribution in [2.45, 2.75) is 106 Å². The average Bonchev–Trinajstić information content (AvgIpc) is 3.01. The van der Waals surface area contributed by atoms with Gasteiger partial charge in [0.1, 0.15) is 23.7 Å². The lowest BCUT2D eigenvalue weighted by atomic mass is 9.33. The predicted molar refractivity (Wildman–Crippen MR) is 180 cm³/mol. The van der Waals surface area contributed by atoms with Crippen molar-refractivity contribution in [3.63, 3.8) is 0 Å². The molecule has 1 heterocycles. The topological polar surface area (TPSA) is 114 Å². The van der Waals surface area contributed by atoms with Gasteiger partial charge in [-0.2, -0.15) is 0 Å². The fourth-order valence-electron chi connectivity index (χ4n) is 12.1. The highest BCUT2D eigenvalue weighted by Crippen LogP contribution is 2.75. The van der Waals surface area contributed by atoms with Crippen molar-refractivity contribution in [2.24, 2.45) is 50.2 Å². The lowest BCUT2D eigenvalue weighted by Crippen LogP contribution is -2.66. The summed E-state index contributed by atoms with van der Waals surface area (Å²) in [7, 11) is 0. The zero-order valence-corrected chi connectivity index (χ0v) is 28.9. The third-order valence-electron chi connectivity index (χ3n) is 14.9. The summed E-state index contributed by atoms with van der Waals surface area (Å²) in [5.74, 6) is -0.468. The molecule has 0 saturated heterocycles. The van der Waals surface area contributed by atoms with Crippen LogP contribution in [0.5, 0.6) is 5.75 Å². The number of benzene rings is 1. The summed E-state index contributed by atoms with van der Waals surface area (Å²) >= 11 is 0. The second-order valence-electron chi connectivity index (χ2n) is 17.7. The van der Waals surface area contributed by atoms with Gasteiger partial charge in [-0.15, -0.1) is 0 Å². The van der Waals surface area contributed by atoms with Crippen LogP contribution < -0.4 is 0 Å². The van der Waals surface area contributed by atoms with Crippen LogP contribution in [-0.2, 0) is 14.3 Å². The van der Waals surface area contributed by atoms with Crippen LogP contribution in [0.15, 0.2) is 42.1 Å². The Labute approximate surface area is 278 Å². The molecule has 0 spiro atoms. The van der Waals surface area contributed by atoms with Gasteiger partial charge in [-0.3, -0.25) is 14.6 Å². The number of Topliss-reactive ketones (excluding diaryl/α,β-unsaturated/α-hetero) is 1. The number of nitrogens with zero attached hydrogens (tertiary/aromatic N) is 1. The van der Waals surface area contributed by atoms with Crippen LogP contribution in [0.1, 0.15) is 116 Å². The van der Waals surface area contributed by atoms with E-state index < -0.39 is 22.8 Å². The summed E-state index contributed by atoms with van der Waals surface area (Å²) in [5, 5.41) is 22.2. The van der Waals surface area contributed by atoms with E-state index in [-0.39, 0.29) is 57.3 Å². The number of hydrogen-bond donors (Lipinski definition) is 2. The summed E-state index contributed by atoms with van der Waals surface area (Å²) in [4.78, 5) is 44.6. The Morgan fingerprint density at radius 2 is 1.72 bits per heavy atom. The number of carbonyl (C=O) groups excluding carboxylic acids is 2. The zero-order chi connectivity index (χ0) is 33.8. The van der Waals surface area contributed by atoms with Crippen LogP contribution >= 0.6 is 0 Å². The fourth-order valence-corrected chi connectivity index (χ4v) is 12.1. The molecule has 0 aliphatic heterocycles. The average molecular weight is 642 g/mol. The molecule has 5 aliphatic carbocycles. The van der Waals surface area contributed by atoms with Crippen LogP contribution in [0.4, 0.5) is 0 Å².